The van der Waals surface area contributed by atoms with Gasteiger partial charge in [0.05, 0.1) is 23.4 Å². The molecule has 0 unspecified atom stereocenters. The zero-order valence-corrected chi connectivity index (χ0v) is 15.1. The minimum Gasteiger partial charge on any atom is -0.465 e. The van der Waals surface area contributed by atoms with Crippen molar-refractivity contribution in [3.8, 4) is 0 Å². The molecule has 1 fully saturated rings. The number of halogens is 1. The highest BCUT2D eigenvalue weighted by Gasteiger charge is 2.20. The summed E-state index contributed by atoms with van der Waals surface area (Å²) in [6, 6.07) is 6.29. The van der Waals surface area contributed by atoms with Gasteiger partial charge >= 0.3 is 5.97 Å². The quantitative estimate of drug-likeness (QED) is 0.826. The Morgan fingerprint density at radius 2 is 1.96 bits per heavy atom. The van der Waals surface area contributed by atoms with Gasteiger partial charge in [-0.05, 0) is 43.5 Å². The molecule has 2 heterocycles. The van der Waals surface area contributed by atoms with Crippen molar-refractivity contribution in [2.75, 3.05) is 25.5 Å². The second-order valence-corrected chi connectivity index (χ2v) is 6.34. The molecule has 1 aromatic heterocycles. The first-order valence-electron chi connectivity index (χ1n) is 8.35. The van der Waals surface area contributed by atoms with Gasteiger partial charge in [0.2, 0.25) is 5.95 Å². The van der Waals surface area contributed by atoms with E-state index >= 15 is 0 Å². The van der Waals surface area contributed by atoms with Gasteiger partial charge in [-0.15, -0.1) is 0 Å². The number of benzene rings is 1. The lowest BCUT2D eigenvalue weighted by Crippen LogP contribution is -2.36. The number of rotatable bonds is 4. The van der Waals surface area contributed by atoms with Crippen LogP contribution in [0.5, 0.6) is 0 Å². The standard InChI is InChI=1S/C18H19ClN4O3/c1-26-17(25)12-5-6-13(19)15(11-12)22-18-20-8-7-14(21-18)16(24)23-9-3-2-4-10-23/h5-8,11H,2-4,9-10H2,1H3,(H,20,21,22). The smallest absolute Gasteiger partial charge is 0.337 e. The number of carbonyl (C=O) groups is 2. The lowest BCUT2D eigenvalue weighted by atomic mass is 10.1. The fraction of sp³-hybridized carbons (Fsp3) is 0.333. The number of piperidine rings is 1. The van der Waals surface area contributed by atoms with Crippen LogP contribution in [0.4, 0.5) is 11.6 Å². The van der Waals surface area contributed by atoms with E-state index in [1.165, 1.54) is 13.3 Å². The zero-order chi connectivity index (χ0) is 18.5. The molecule has 1 N–H and O–H groups in total. The van der Waals surface area contributed by atoms with E-state index in [1.54, 1.807) is 29.2 Å². The fourth-order valence-electron chi connectivity index (χ4n) is 2.78. The van der Waals surface area contributed by atoms with E-state index in [9.17, 15) is 9.59 Å². The van der Waals surface area contributed by atoms with Crippen molar-refractivity contribution in [3.05, 3.63) is 46.7 Å². The van der Waals surface area contributed by atoms with E-state index in [-0.39, 0.29) is 11.9 Å². The van der Waals surface area contributed by atoms with Crippen LogP contribution in [-0.4, -0.2) is 46.9 Å². The first-order valence-corrected chi connectivity index (χ1v) is 8.73. The number of likely N-dealkylation sites (tertiary alicyclic amines) is 1. The van der Waals surface area contributed by atoms with Crippen LogP contribution in [0.2, 0.25) is 5.02 Å². The van der Waals surface area contributed by atoms with Crippen LogP contribution in [0.15, 0.2) is 30.5 Å². The summed E-state index contributed by atoms with van der Waals surface area (Å²) in [5.41, 5.74) is 1.13. The Labute approximate surface area is 156 Å². The molecule has 1 aromatic carbocycles. The third-order valence-electron chi connectivity index (χ3n) is 4.15. The number of hydrogen-bond donors (Lipinski definition) is 1. The van der Waals surface area contributed by atoms with Crippen molar-refractivity contribution in [1.82, 2.24) is 14.9 Å². The molecular formula is C18H19ClN4O3. The molecule has 1 aliphatic rings. The number of esters is 1. The SMILES string of the molecule is COC(=O)c1ccc(Cl)c(Nc2nccc(C(=O)N3CCCCC3)n2)c1. The first-order chi connectivity index (χ1) is 12.6. The van der Waals surface area contributed by atoms with Crippen LogP contribution in [0, 0.1) is 0 Å². The Hall–Kier alpha value is -2.67. The molecular weight excluding hydrogens is 356 g/mol. The molecule has 1 saturated heterocycles. The Morgan fingerprint density at radius 1 is 1.19 bits per heavy atom. The third kappa shape index (κ3) is 4.11. The normalized spacial score (nSPS) is 14.0. The van der Waals surface area contributed by atoms with Gasteiger partial charge in [-0.1, -0.05) is 11.6 Å². The van der Waals surface area contributed by atoms with Gasteiger partial charge in [0.25, 0.3) is 5.91 Å². The first kappa shape index (κ1) is 18.1. The summed E-state index contributed by atoms with van der Waals surface area (Å²) in [6.07, 6.45) is 4.69. The lowest BCUT2D eigenvalue weighted by Gasteiger charge is -2.26. The van der Waals surface area contributed by atoms with Gasteiger partial charge in [-0.3, -0.25) is 4.79 Å². The summed E-state index contributed by atoms with van der Waals surface area (Å²) >= 11 is 6.17. The fourth-order valence-corrected chi connectivity index (χ4v) is 2.95. The van der Waals surface area contributed by atoms with Gasteiger partial charge in [0.1, 0.15) is 5.69 Å². The lowest BCUT2D eigenvalue weighted by molar-refractivity contribution is 0.0600. The molecule has 0 bridgehead atoms. The van der Waals surface area contributed by atoms with Crippen molar-refractivity contribution in [3.63, 3.8) is 0 Å². The van der Waals surface area contributed by atoms with Crippen LogP contribution in [-0.2, 0) is 4.74 Å². The average molecular weight is 375 g/mol. The van der Waals surface area contributed by atoms with Crippen LogP contribution in [0.25, 0.3) is 0 Å². The molecule has 26 heavy (non-hydrogen) atoms. The van der Waals surface area contributed by atoms with E-state index < -0.39 is 5.97 Å². The molecule has 0 aliphatic carbocycles. The predicted molar refractivity (Wildman–Crippen MR) is 97.9 cm³/mol. The Kier molecular flexibility index (Phi) is 5.68. The second kappa shape index (κ2) is 8.14. The molecule has 1 amide bonds. The Morgan fingerprint density at radius 3 is 2.69 bits per heavy atom. The number of aromatic nitrogens is 2. The zero-order valence-electron chi connectivity index (χ0n) is 14.4. The topological polar surface area (TPSA) is 84.4 Å². The number of amides is 1. The monoisotopic (exact) mass is 374 g/mol. The number of methoxy groups -OCH3 is 1. The molecule has 0 atom stereocenters. The van der Waals surface area contributed by atoms with E-state index in [0.29, 0.717) is 22.0 Å². The van der Waals surface area contributed by atoms with E-state index in [1.807, 2.05) is 0 Å². The number of ether oxygens (including phenoxy) is 1. The number of hydrogen-bond acceptors (Lipinski definition) is 6. The minimum atomic E-state index is -0.473. The largest absolute Gasteiger partial charge is 0.465 e. The van der Waals surface area contributed by atoms with Gasteiger partial charge in [-0.2, -0.15) is 0 Å². The molecule has 0 spiro atoms. The van der Waals surface area contributed by atoms with E-state index in [2.05, 4.69) is 15.3 Å². The number of nitrogens with zero attached hydrogens (tertiary/aromatic N) is 3. The van der Waals surface area contributed by atoms with Crippen LogP contribution in [0.3, 0.4) is 0 Å². The van der Waals surface area contributed by atoms with Crippen molar-refractivity contribution >= 4 is 35.1 Å². The molecule has 0 saturated carbocycles. The summed E-state index contributed by atoms with van der Waals surface area (Å²) in [7, 11) is 1.31. The highest BCUT2D eigenvalue weighted by Crippen LogP contribution is 2.26. The maximum atomic E-state index is 12.6. The van der Waals surface area contributed by atoms with Gasteiger partial charge in [0.15, 0.2) is 0 Å². The molecule has 7 nitrogen and oxygen atoms in total. The molecule has 1 aliphatic heterocycles. The molecule has 3 rings (SSSR count). The van der Waals surface area contributed by atoms with Gasteiger partial charge in [0, 0.05) is 19.3 Å². The van der Waals surface area contributed by atoms with Crippen molar-refractivity contribution in [2.45, 2.75) is 19.3 Å². The van der Waals surface area contributed by atoms with Crippen LogP contribution in [0.1, 0.15) is 40.1 Å². The molecule has 2 aromatic rings. The maximum Gasteiger partial charge on any atom is 0.337 e. The van der Waals surface area contributed by atoms with Crippen LogP contribution < -0.4 is 5.32 Å². The summed E-state index contributed by atoms with van der Waals surface area (Å²) in [5.74, 6) is -0.346. The minimum absolute atomic E-state index is 0.107. The van der Waals surface area contributed by atoms with Gasteiger partial charge in [-0.25, -0.2) is 14.8 Å². The number of anilines is 2. The van der Waals surface area contributed by atoms with Crippen molar-refractivity contribution in [2.24, 2.45) is 0 Å². The highest BCUT2D eigenvalue weighted by molar-refractivity contribution is 6.33. The highest BCUT2D eigenvalue weighted by atomic mass is 35.5. The molecule has 136 valence electrons. The van der Waals surface area contributed by atoms with Crippen LogP contribution >= 0.6 is 11.6 Å². The Balaban J connectivity index is 1.80. The van der Waals surface area contributed by atoms with Crippen molar-refractivity contribution < 1.29 is 14.3 Å². The maximum absolute atomic E-state index is 12.6. The number of carbonyl (C=O) groups excluding carboxylic acids is 2. The molecule has 0 radical (unpaired) electrons. The second-order valence-electron chi connectivity index (χ2n) is 5.93. The summed E-state index contributed by atoms with van der Waals surface area (Å²) in [4.78, 5) is 34.5. The Bertz CT molecular complexity index is 822. The average Bonchev–Trinajstić information content (AvgIpc) is 2.69. The third-order valence-corrected chi connectivity index (χ3v) is 4.48. The summed E-state index contributed by atoms with van der Waals surface area (Å²) in [5, 5.41) is 3.35. The van der Waals surface area contributed by atoms with Crippen molar-refractivity contribution in [1.29, 1.82) is 0 Å². The summed E-state index contributed by atoms with van der Waals surface area (Å²) in [6.45, 7) is 1.50. The van der Waals surface area contributed by atoms with E-state index in [0.717, 1.165) is 32.4 Å². The predicted octanol–water partition coefficient (Wildman–Crippen LogP) is 3.29. The summed E-state index contributed by atoms with van der Waals surface area (Å²) < 4.78 is 4.71. The number of nitrogens with one attached hydrogen (secondary N) is 1. The van der Waals surface area contributed by atoms with E-state index in [4.69, 9.17) is 16.3 Å². The molecule has 8 heteroatoms. The van der Waals surface area contributed by atoms with Gasteiger partial charge < -0.3 is 15.0 Å².